The molecule has 4 rings (SSSR count). The first-order chi connectivity index (χ1) is 13.5. The van der Waals surface area contributed by atoms with Crippen molar-refractivity contribution in [1.82, 2.24) is 24.6 Å². The second-order valence-electron chi connectivity index (χ2n) is 7.46. The molecule has 0 N–H and O–H groups in total. The first kappa shape index (κ1) is 18.9. The number of piperidine rings is 1. The third-order valence-electron chi connectivity index (χ3n) is 5.52. The van der Waals surface area contributed by atoms with Gasteiger partial charge in [-0.05, 0) is 63.3 Å². The number of carbonyl (C=O) groups excluding carboxylic acids is 1. The van der Waals surface area contributed by atoms with E-state index in [2.05, 4.69) is 48.0 Å². The summed E-state index contributed by atoms with van der Waals surface area (Å²) < 4.78 is 1.84. The minimum absolute atomic E-state index is 0.186. The van der Waals surface area contributed by atoms with E-state index in [9.17, 15) is 4.79 Å². The molecule has 0 spiro atoms. The Hall–Kier alpha value is -2.41. The summed E-state index contributed by atoms with van der Waals surface area (Å²) in [7, 11) is 0. The highest BCUT2D eigenvalue weighted by Gasteiger charge is 2.23. The Kier molecular flexibility index (Phi) is 5.35. The Morgan fingerprint density at radius 1 is 1.21 bits per heavy atom. The average molecular weight is 396 g/mol. The van der Waals surface area contributed by atoms with Crippen LogP contribution in [0.25, 0.3) is 16.7 Å². The Labute approximate surface area is 169 Å². The molecule has 7 heteroatoms. The molecule has 1 aromatic carbocycles. The Balaban J connectivity index is 1.56. The molecule has 0 bridgehead atoms. The lowest BCUT2D eigenvalue weighted by atomic mass is 10.0. The van der Waals surface area contributed by atoms with Gasteiger partial charge in [-0.3, -0.25) is 4.79 Å². The topological polar surface area (TPSA) is 63.9 Å². The molecule has 0 radical (unpaired) electrons. The first-order valence-corrected chi connectivity index (χ1v) is 10.7. The molecule has 146 valence electrons. The number of thioether (sulfide) groups is 1. The van der Waals surface area contributed by atoms with Crippen molar-refractivity contribution in [1.29, 1.82) is 0 Å². The van der Waals surface area contributed by atoms with Gasteiger partial charge in [-0.2, -0.15) is 5.10 Å². The van der Waals surface area contributed by atoms with Crippen molar-refractivity contribution in [2.24, 2.45) is 0 Å². The van der Waals surface area contributed by atoms with Crippen LogP contribution in [-0.4, -0.2) is 48.9 Å². The zero-order chi connectivity index (χ0) is 19.7. The number of fused-ring (bicyclic) bond motifs is 1. The standard InChI is InChI=1S/C21H25N5OS/c1-14-7-8-17(10-15(14)2)26-20-18(11-24-26)21(23-13-22-20)28-12-19(27)25-9-5-4-6-16(25)3/h7-8,10-11,13,16H,4-6,9,12H2,1-3H3. The Bertz CT molecular complexity index is 1020. The average Bonchev–Trinajstić information content (AvgIpc) is 3.13. The van der Waals surface area contributed by atoms with Gasteiger partial charge in [-0.1, -0.05) is 17.8 Å². The minimum Gasteiger partial charge on any atom is -0.339 e. The third-order valence-corrected chi connectivity index (χ3v) is 6.51. The van der Waals surface area contributed by atoms with Crippen LogP contribution in [0.4, 0.5) is 0 Å². The van der Waals surface area contributed by atoms with Gasteiger partial charge in [0, 0.05) is 12.6 Å². The quantitative estimate of drug-likeness (QED) is 0.495. The first-order valence-electron chi connectivity index (χ1n) is 9.73. The van der Waals surface area contributed by atoms with Gasteiger partial charge < -0.3 is 4.90 Å². The normalized spacial score (nSPS) is 17.2. The molecule has 3 aromatic rings. The van der Waals surface area contributed by atoms with E-state index in [0.717, 1.165) is 41.1 Å². The fourth-order valence-corrected chi connectivity index (χ4v) is 4.51. The molecule has 6 nitrogen and oxygen atoms in total. The van der Waals surface area contributed by atoms with Gasteiger partial charge in [0.25, 0.3) is 0 Å². The molecular weight excluding hydrogens is 370 g/mol. The molecule has 3 heterocycles. The smallest absolute Gasteiger partial charge is 0.233 e. The van der Waals surface area contributed by atoms with E-state index in [1.807, 2.05) is 15.6 Å². The molecule has 1 unspecified atom stereocenters. The molecule has 0 saturated carbocycles. The van der Waals surface area contributed by atoms with Crippen molar-refractivity contribution in [2.75, 3.05) is 12.3 Å². The van der Waals surface area contributed by atoms with Gasteiger partial charge in [-0.25, -0.2) is 14.6 Å². The molecule has 1 amide bonds. The molecule has 28 heavy (non-hydrogen) atoms. The van der Waals surface area contributed by atoms with E-state index < -0.39 is 0 Å². The lowest BCUT2D eigenvalue weighted by molar-refractivity contribution is -0.131. The van der Waals surface area contributed by atoms with Crippen molar-refractivity contribution in [3.05, 3.63) is 41.9 Å². The summed E-state index contributed by atoms with van der Waals surface area (Å²) in [5.41, 5.74) is 4.20. The number of nitrogens with zero attached hydrogens (tertiary/aromatic N) is 5. The molecular formula is C21H25N5OS. The van der Waals surface area contributed by atoms with Gasteiger partial charge >= 0.3 is 0 Å². The Morgan fingerprint density at radius 2 is 2.07 bits per heavy atom. The summed E-state index contributed by atoms with van der Waals surface area (Å²) in [6, 6.07) is 6.58. The van der Waals surface area contributed by atoms with Gasteiger partial charge in [0.2, 0.25) is 5.91 Å². The molecule has 0 aliphatic carbocycles. The van der Waals surface area contributed by atoms with Crippen LogP contribution in [0.15, 0.2) is 35.7 Å². The number of benzene rings is 1. The number of hydrogen-bond donors (Lipinski definition) is 0. The second-order valence-corrected chi connectivity index (χ2v) is 8.43. The SMILES string of the molecule is Cc1ccc(-n2ncc3c(SCC(=O)N4CCCCC4C)ncnc32)cc1C. The van der Waals surface area contributed by atoms with Crippen LogP contribution in [0.1, 0.15) is 37.3 Å². The highest BCUT2D eigenvalue weighted by Crippen LogP contribution is 2.27. The monoisotopic (exact) mass is 395 g/mol. The predicted molar refractivity (Wildman–Crippen MR) is 112 cm³/mol. The highest BCUT2D eigenvalue weighted by molar-refractivity contribution is 8.00. The maximum Gasteiger partial charge on any atom is 0.233 e. The maximum atomic E-state index is 12.7. The van der Waals surface area contributed by atoms with Crippen molar-refractivity contribution >= 4 is 28.7 Å². The van der Waals surface area contributed by atoms with Crippen LogP contribution in [0.5, 0.6) is 0 Å². The van der Waals surface area contributed by atoms with Crippen molar-refractivity contribution in [3.63, 3.8) is 0 Å². The third kappa shape index (κ3) is 3.63. The van der Waals surface area contributed by atoms with E-state index in [1.54, 1.807) is 12.5 Å². The van der Waals surface area contributed by atoms with E-state index >= 15 is 0 Å². The Morgan fingerprint density at radius 3 is 2.86 bits per heavy atom. The molecule has 1 aliphatic rings. The van der Waals surface area contributed by atoms with Crippen LogP contribution < -0.4 is 0 Å². The van der Waals surface area contributed by atoms with E-state index in [4.69, 9.17) is 0 Å². The van der Waals surface area contributed by atoms with Gasteiger partial charge in [0.1, 0.15) is 11.4 Å². The minimum atomic E-state index is 0.186. The van der Waals surface area contributed by atoms with Crippen LogP contribution in [0.2, 0.25) is 0 Å². The lowest BCUT2D eigenvalue weighted by Gasteiger charge is -2.33. The molecule has 2 aromatic heterocycles. The number of likely N-dealkylation sites (tertiary alicyclic amines) is 1. The van der Waals surface area contributed by atoms with Gasteiger partial charge in [0.05, 0.1) is 23.0 Å². The number of aryl methyl sites for hydroxylation is 2. The molecule has 1 fully saturated rings. The zero-order valence-corrected chi connectivity index (χ0v) is 17.4. The van der Waals surface area contributed by atoms with E-state index in [0.29, 0.717) is 11.8 Å². The number of carbonyl (C=O) groups is 1. The van der Waals surface area contributed by atoms with E-state index in [-0.39, 0.29) is 5.91 Å². The summed E-state index contributed by atoms with van der Waals surface area (Å²) in [5, 5.41) is 6.22. The summed E-state index contributed by atoms with van der Waals surface area (Å²) in [6.07, 6.45) is 6.75. The summed E-state index contributed by atoms with van der Waals surface area (Å²) in [4.78, 5) is 23.5. The van der Waals surface area contributed by atoms with Crippen molar-refractivity contribution < 1.29 is 4.79 Å². The number of amides is 1. The summed E-state index contributed by atoms with van der Waals surface area (Å²) >= 11 is 1.47. The van der Waals surface area contributed by atoms with Crippen LogP contribution >= 0.6 is 11.8 Å². The predicted octanol–water partition coefficient (Wildman–Crippen LogP) is 3.93. The second kappa shape index (κ2) is 7.91. The van der Waals surface area contributed by atoms with Gasteiger partial charge in [0.15, 0.2) is 5.65 Å². The van der Waals surface area contributed by atoms with Crippen LogP contribution in [-0.2, 0) is 4.79 Å². The molecule has 1 aliphatic heterocycles. The van der Waals surface area contributed by atoms with Crippen molar-refractivity contribution in [3.8, 4) is 5.69 Å². The number of aromatic nitrogens is 4. The van der Waals surface area contributed by atoms with Crippen molar-refractivity contribution in [2.45, 2.75) is 51.1 Å². The number of hydrogen-bond acceptors (Lipinski definition) is 5. The van der Waals surface area contributed by atoms with Crippen LogP contribution in [0, 0.1) is 13.8 Å². The number of rotatable bonds is 4. The van der Waals surface area contributed by atoms with E-state index in [1.165, 1.54) is 29.3 Å². The lowest BCUT2D eigenvalue weighted by Crippen LogP contribution is -2.42. The summed E-state index contributed by atoms with van der Waals surface area (Å²) in [6.45, 7) is 7.19. The highest BCUT2D eigenvalue weighted by atomic mass is 32.2. The fourth-order valence-electron chi connectivity index (χ4n) is 3.67. The molecule has 1 atom stereocenters. The largest absolute Gasteiger partial charge is 0.339 e. The van der Waals surface area contributed by atoms with Crippen LogP contribution in [0.3, 0.4) is 0 Å². The van der Waals surface area contributed by atoms with Gasteiger partial charge in [-0.15, -0.1) is 0 Å². The zero-order valence-electron chi connectivity index (χ0n) is 16.6. The summed E-state index contributed by atoms with van der Waals surface area (Å²) in [5.74, 6) is 0.580. The maximum absolute atomic E-state index is 12.7. The molecule has 1 saturated heterocycles. The fraction of sp³-hybridized carbons (Fsp3) is 0.429.